The van der Waals surface area contributed by atoms with Gasteiger partial charge < -0.3 is 14.6 Å². The van der Waals surface area contributed by atoms with Gasteiger partial charge in [-0.1, -0.05) is 0 Å². The molecule has 1 fully saturated rings. The van der Waals surface area contributed by atoms with Crippen LogP contribution in [0.25, 0.3) is 0 Å². The molecule has 2 unspecified atom stereocenters. The van der Waals surface area contributed by atoms with Crippen molar-refractivity contribution in [3.05, 3.63) is 24.3 Å². The van der Waals surface area contributed by atoms with Gasteiger partial charge in [-0.15, -0.1) is 0 Å². The molecule has 0 radical (unpaired) electrons. The highest BCUT2D eigenvalue weighted by molar-refractivity contribution is 5.73. The van der Waals surface area contributed by atoms with Crippen molar-refractivity contribution in [2.45, 2.75) is 6.42 Å². The van der Waals surface area contributed by atoms with E-state index in [9.17, 15) is 4.79 Å². The van der Waals surface area contributed by atoms with Crippen molar-refractivity contribution in [1.29, 1.82) is 0 Å². The summed E-state index contributed by atoms with van der Waals surface area (Å²) in [5.41, 5.74) is 0. The number of ether oxygens (including phenoxy) is 2. The normalized spacial score (nSPS) is 22.6. The van der Waals surface area contributed by atoms with Crippen LogP contribution in [-0.2, 0) is 4.79 Å². The van der Waals surface area contributed by atoms with Crippen LogP contribution in [0.2, 0.25) is 0 Å². The third kappa shape index (κ3) is 2.45. The number of benzene rings is 1. The first-order chi connectivity index (χ1) is 7.70. The summed E-state index contributed by atoms with van der Waals surface area (Å²) >= 11 is 0. The van der Waals surface area contributed by atoms with E-state index in [1.807, 2.05) is 24.3 Å². The highest BCUT2D eigenvalue weighted by Crippen LogP contribution is 2.38. The lowest BCUT2D eigenvalue weighted by atomic mass is 10.3. The van der Waals surface area contributed by atoms with Gasteiger partial charge in [0, 0.05) is 5.92 Å². The Morgan fingerprint density at radius 3 is 2.50 bits per heavy atom. The van der Waals surface area contributed by atoms with Crippen molar-refractivity contribution in [2.75, 3.05) is 13.7 Å². The number of carbonyl (C=O) groups is 1. The molecule has 1 N–H and O–H groups in total. The zero-order valence-corrected chi connectivity index (χ0v) is 9.05. The molecule has 1 saturated carbocycles. The van der Waals surface area contributed by atoms with Crippen molar-refractivity contribution < 1.29 is 19.4 Å². The average molecular weight is 222 g/mol. The molecule has 86 valence electrons. The quantitative estimate of drug-likeness (QED) is 0.825. The molecule has 0 aliphatic heterocycles. The predicted molar refractivity (Wildman–Crippen MR) is 57.7 cm³/mol. The molecule has 4 heteroatoms. The highest BCUT2D eigenvalue weighted by atomic mass is 16.5. The van der Waals surface area contributed by atoms with Crippen LogP contribution < -0.4 is 9.47 Å². The van der Waals surface area contributed by atoms with Crippen molar-refractivity contribution in [2.24, 2.45) is 11.8 Å². The molecule has 1 aliphatic rings. The van der Waals surface area contributed by atoms with Gasteiger partial charge in [-0.2, -0.15) is 0 Å². The minimum absolute atomic E-state index is 0.166. The lowest BCUT2D eigenvalue weighted by Gasteiger charge is -2.06. The van der Waals surface area contributed by atoms with Crippen molar-refractivity contribution in [3.63, 3.8) is 0 Å². The molecule has 1 aromatic carbocycles. The molecule has 2 rings (SSSR count). The molecule has 16 heavy (non-hydrogen) atoms. The first-order valence-corrected chi connectivity index (χ1v) is 5.20. The maximum Gasteiger partial charge on any atom is 0.306 e. The molecule has 0 saturated heterocycles. The summed E-state index contributed by atoms with van der Waals surface area (Å²) in [7, 11) is 1.61. The summed E-state index contributed by atoms with van der Waals surface area (Å²) in [6, 6.07) is 7.27. The summed E-state index contributed by atoms with van der Waals surface area (Å²) < 4.78 is 10.5. The minimum Gasteiger partial charge on any atom is -0.497 e. The molecular formula is C12H14O4. The Morgan fingerprint density at radius 2 is 2.00 bits per heavy atom. The van der Waals surface area contributed by atoms with Gasteiger partial charge in [0.1, 0.15) is 11.5 Å². The molecule has 0 amide bonds. The molecule has 0 aromatic heterocycles. The second-order valence-electron chi connectivity index (χ2n) is 3.93. The number of carboxylic acid groups (broad SMARTS) is 1. The van der Waals surface area contributed by atoms with E-state index in [0.717, 1.165) is 17.9 Å². The van der Waals surface area contributed by atoms with Gasteiger partial charge in [-0.25, -0.2) is 0 Å². The van der Waals surface area contributed by atoms with Crippen molar-refractivity contribution in [1.82, 2.24) is 0 Å². The molecule has 2 atom stereocenters. The third-order valence-corrected chi connectivity index (χ3v) is 2.76. The lowest BCUT2D eigenvalue weighted by Crippen LogP contribution is -2.06. The Bertz CT molecular complexity index is 371. The topological polar surface area (TPSA) is 55.8 Å². The van der Waals surface area contributed by atoms with Gasteiger partial charge in [0.15, 0.2) is 0 Å². The van der Waals surface area contributed by atoms with Gasteiger partial charge in [0.25, 0.3) is 0 Å². The maximum absolute atomic E-state index is 10.6. The van der Waals surface area contributed by atoms with E-state index < -0.39 is 5.97 Å². The second kappa shape index (κ2) is 4.43. The summed E-state index contributed by atoms with van der Waals surface area (Å²) in [4.78, 5) is 10.6. The average Bonchev–Trinajstić information content (AvgIpc) is 3.06. The van der Waals surface area contributed by atoms with Gasteiger partial charge in [0.2, 0.25) is 0 Å². The number of hydrogen-bond acceptors (Lipinski definition) is 3. The number of methoxy groups -OCH3 is 1. The zero-order chi connectivity index (χ0) is 11.5. The summed E-state index contributed by atoms with van der Waals surface area (Å²) in [5.74, 6) is 0.764. The first-order valence-electron chi connectivity index (χ1n) is 5.20. The largest absolute Gasteiger partial charge is 0.497 e. The Morgan fingerprint density at radius 1 is 1.38 bits per heavy atom. The lowest BCUT2D eigenvalue weighted by molar-refractivity contribution is -0.138. The number of carboxylic acids is 1. The fourth-order valence-electron chi connectivity index (χ4n) is 1.61. The van der Waals surface area contributed by atoms with E-state index >= 15 is 0 Å². The summed E-state index contributed by atoms with van der Waals surface area (Å²) in [5, 5.41) is 8.72. The zero-order valence-electron chi connectivity index (χ0n) is 9.05. The standard InChI is InChI=1S/C12H14O4/c1-15-9-2-4-10(5-3-9)16-7-8-6-11(8)12(13)14/h2-5,8,11H,6-7H2,1H3,(H,13,14). The van der Waals surface area contributed by atoms with Crippen molar-refractivity contribution in [3.8, 4) is 11.5 Å². The third-order valence-electron chi connectivity index (χ3n) is 2.76. The van der Waals surface area contributed by atoms with E-state index in [0.29, 0.717) is 6.61 Å². The molecule has 1 aromatic rings. The summed E-state index contributed by atoms with van der Waals surface area (Å²) in [6.45, 7) is 0.475. The molecule has 0 bridgehead atoms. The fourth-order valence-corrected chi connectivity index (χ4v) is 1.61. The Hall–Kier alpha value is -1.71. The number of rotatable bonds is 5. The monoisotopic (exact) mass is 222 g/mol. The Balaban J connectivity index is 1.80. The molecular weight excluding hydrogens is 208 g/mol. The minimum atomic E-state index is -0.719. The van der Waals surface area contributed by atoms with Crippen molar-refractivity contribution >= 4 is 5.97 Å². The van der Waals surface area contributed by atoms with Crippen LogP contribution in [0.5, 0.6) is 11.5 Å². The van der Waals surface area contributed by atoms with E-state index in [2.05, 4.69) is 0 Å². The van der Waals surface area contributed by atoms with Crippen LogP contribution in [0.3, 0.4) is 0 Å². The first kappa shape index (κ1) is 10.8. The number of aliphatic carboxylic acids is 1. The maximum atomic E-state index is 10.6. The van der Waals surface area contributed by atoms with Gasteiger partial charge in [0.05, 0.1) is 19.6 Å². The van der Waals surface area contributed by atoms with Crippen LogP contribution in [0.15, 0.2) is 24.3 Å². The molecule has 4 nitrogen and oxygen atoms in total. The fraction of sp³-hybridized carbons (Fsp3) is 0.417. The number of hydrogen-bond donors (Lipinski definition) is 1. The predicted octanol–water partition coefficient (Wildman–Crippen LogP) is 1.79. The van der Waals surface area contributed by atoms with E-state index in [1.54, 1.807) is 7.11 Å². The van der Waals surface area contributed by atoms with Crippen LogP contribution in [0, 0.1) is 11.8 Å². The van der Waals surface area contributed by atoms with Crippen LogP contribution in [0.4, 0.5) is 0 Å². The van der Waals surface area contributed by atoms with Gasteiger partial charge in [-0.3, -0.25) is 4.79 Å². The van der Waals surface area contributed by atoms with E-state index in [1.165, 1.54) is 0 Å². The molecule has 0 spiro atoms. The summed E-state index contributed by atoms with van der Waals surface area (Å²) in [6.07, 6.45) is 0.728. The van der Waals surface area contributed by atoms with Crippen LogP contribution >= 0.6 is 0 Å². The Labute approximate surface area is 93.8 Å². The van der Waals surface area contributed by atoms with E-state index in [4.69, 9.17) is 14.6 Å². The van der Waals surface area contributed by atoms with Crippen LogP contribution in [0.1, 0.15) is 6.42 Å². The highest BCUT2D eigenvalue weighted by Gasteiger charge is 2.43. The second-order valence-corrected chi connectivity index (χ2v) is 3.93. The Kier molecular flexibility index (Phi) is 2.99. The van der Waals surface area contributed by atoms with Gasteiger partial charge in [-0.05, 0) is 30.7 Å². The van der Waals surface area contributed by atoms with Gasteiger partial charge >= 0.3 is 5.97 Å². The SMILES string of the molecule is COc1ccc(OCC2CC2C(=O)O)cc1. The molecule has 1 aliphatic carbocycles. The molecule has 0 heterocycles. The van der Waals surface area contributed by atoms with E-state index in [-0.39, 0.29) is 11.8 Å². The van der Waals surface area contributed by atoms with Crippen LogP contribution in [-0.4, -0.2) is 24.8 Å². The smallest absolute Gasteiger partial charge is 0.306 e.